The molecule has 0 bridgehead atoms. The number of fused-ring (bicyclic) bond motifs is 1. The molecule has 0 saturated heterocycles. The third kappa shape index (κ3) is 2.29. The summed E-state index contributed by atoms with van der Waals surface area (Å²) in [4.78, 5) is 4.31. The van der Waals surface area contributed by atoms with Gasteiger partial charge in [0, 0.05) is 12.6 Å². The number of hydrogen-bond donors (Lipinski definition) is 0. The van der Waals surface area contributed by atoms with Gasteiger partial charge in [0.25, 0.3) is 0 Å². The van der Waals surface area contributed by atoms with Crippen molar-refractivity contribution in [1.82, 2.24) is 14.6 Å². The Kier molecular flexibility index (Phi) is 4.09. The van der Waals surface area contributed by atoms with Gasteiger partial charge in [-0.3, -0.25) is 0 Å². The summed E-state index contributed by atoms with van der Waals surface area (Å²) in [6.45, 7) is 7.98. The highest BCUT2D eigenvalue weighted by Gasteiger charge is 2.06. The molecule has 0 unspecified atom stereocenters. The van der Waals surface area contributed by atoms with E-state index in [1.807, 2.05) is 40.0 Å². The van der Waals surface area contributed by atoms with Crippen molar-refractivity contribution in [2.24, 2.45) is 0 Å². The maximum absolute atomic E-state index is 6.07. The molecule has 0 saturated carbocycles. The lowest BCUT2D eigenvalue weighted by Gasteiger charge is -1.96. The van der Waals surface area contributed by atoms with Gasteiger partial charge in [0.1, 0.15) is 0 Å². The first kappa shape index (κ1) is 12.0. The molecule has 0 aliphatic rings. The van der Waals surface area contributed by atoms with Gasteiger partial charge in [-0.25, -0.2) is 9.50 Å². The van der Waals surface area contributed by atoms with Gasteiger partial charge in [-0.05, 0) is 18.6 Å². The number of aromatic nitrogens is 3. The molecule has 0 spiro atoms. The van der Waals surface area contributed by atoms with Crippen molar-refractivity contribution < 1.29 is 0 Å². The van der Waals surface area contributed by atoms with E-state index in [1.54, 1.807) is 4.52 Å². The second-order valence-electron chi connectivity index (χ2n) is 2.96. The summed E-state index contributed by atoms with van der Waals surface area (Å²) in [5.74, 6) is 0.826. The molecule has 82 valence electrons. The summed E-state index contributed by atoms with van der Waals surface area (Å²) in [6.07, 6.45) is 2.71. The largest absolute Gasteiger partial charge is 0.219 e. The minimum absolute atomic E-state index is 0.690. The predicted octanol–water partition coefficient (Wildman–Crippen LogP) is 3.28. The normalized spacial score (nSPS) is 9.93. The summed E-state index contributed by atoms with van der Waals surface area (Å²) in [7, 11) is 0. The molecule has 0 aliphatic carbocycles. The van der Waals surface area contributed by atoms with Crippen molar-refractivity contribution in [2.45, 2.75) is 34.1 Å². The van der Waals surface area contributed by atoms with Crippen LogP contribution in [0.1, 0.15) is 32.2 Å². The Bertz CT molecular complexity index is 448. The molecule has 0 aliphatic heterocycles. The zero-order valence-corrected chi connectivity index (χ0v) is 10.3. The maximum Gasteiger partial charge on any atom is 0.174 e. The highest BCUT2D eigenvalue weighted by molar-refractivity contribution is 6.34. The number of hydrogen-bond acceptors (Lipinski definition) is 2. The quantitative estimate of drug-likeness (QED) is 0.746. The summed E-state index contributed by atoms with van der Waals surface area (Å²) < 4.78 is 1.72. The van der Waals surface area contributed by atoms with E-state index in [1.165, 1.54) is 0 Å². The Hall–Kier alpha value is -1.09. The first-order valence-corrected chi connectivity index (χ1v) is 5.60. The second kappa shape index (κ2) is 5.12. The first-order chi connectivity index (χ1) is 7.22. The minimum atomic E-state index is 0.690. The molecule has 4 heteroatoms. The van der Waals surface area contributed by atoms with Crippen molar-refractivity contribution in [3.8, 4) is 0 Å². The van der Waals surface area contributed by atoms with E-state index in [9.17, 15) is 0 Å². The van der Waals surface area contributed by atoms with Gasteiger partial charge in [0.2, 0.25) is 0 Å². The smallest absolute Gasteiger partial charge is 0.174 e. The van der Waals surface area contributed by atoms with Crippen LogP contribution >= 0.6 is 11.6 Å². The van der Waals surface area contributed by atoms with E-state index >= 15 is 0 Å². The predicted molar refractivity (Wildman–Crippen MR) is 63.5 cm³/mol. The summed E-state index contributed by atoms with van der Waals surface area (Å²) in [5.41, 5.74) is 1.78. The van der Waals surface area contributed by atoms with Gasteiger partial charge in [-0.1, -0.05) is 32.4 Å². The lowest BCUT2D eigenvalue weighted by atomic mass is 10.3. The van der Waals surface area contributed by atoms with E-state index in [2.05, 4.69) is 10.1 Å². The van der Waals surface area contributed by atoms with Crippen LogP contribution in [0.25, 0.3) is 5.65 Å². The molecule has 2 rings (SSSR count). The fourth-order valence-corrected chi connectivity index (χ4v) is 1.39. The average molecular weight is 226 g/mol. The lowest BCUT2D eigenvalue weighted by Crippen LogP contribution is -1.89. The van der Waals surface area contributed by atoms with Crippen molar-refractivity contribution in [3.05, 3.63) is 28.7 Å². The molecule has 3 nitrogen and oxygen atoms in total. The van der Waals surface area contributed by atoms with E-state index in [4.69, 9.17) is 11.6 Å². The molecule has 15 heavy (non-hydrogen) atoms. The van der Waals surface area contributed by atoms with E-state index in [0.29, 0.717) is 5.02 Å². The third-order valence-electron chi connectivity index (χ3n) is 2.00. The number of nitrogens with zero attached hydrogens (tertiary/aromatic N) is 3. The molecule has 0 amide bonds. The molecular formula is C11H16ClN3. The van der Waals surface area contributed by atoms with E-state index in [-0.39, 0.29) is 0 Å². The second-order valence-corrected chi connectivity index (χ2v) is 3.34. The van der Waals surface area contributed by atoms with Crippen LogP contribution in [0.4, 0.5) is 0 Å². The van der Waals surface area contributed by atoms with Crippen molar-refractivity contribution in [1.29, 1.82) is 0 Å². The van der Waals surface area contributed by atoms with Crippen molar-refractivity contribution in [2.75, 3.05) is 0 Å². The molecule has 2 heterocycles. The molecule has 0 N–H and O–H groups in total. The first-order valence-electron chi connectivity index (χ1n) is 5.22. The highest BCUT2D eigenvalue weighted by atomic mass is 35.5. The summed E-state index contributed by atoms with van der Waals surface area (Å²) in [5, 5.41) is 4.94. The monoisotopic (exact) mass is 225 g/mol. The van der Waals surface area contributed by atoms with Crippen LogP contribution in [0.15, 0.2) is 12.3 Å². The van der Waals surface area contributed by atoms with Crippen LogP contribution in [0.3, 0.4) is 0 Å². The number of halogens is 1. The van der Waals surface area contributed by atoms with Crippen molar-refractivity contribution >= 4 is 17.2 Å². The van der Waals surface area contributed by atoms with Crippen LogP contribution in [0.2, 0.25) is 5.02 Å². The van der Waals surface area contributed by atoms with Crippen LogP contribution in [-0.4, -0.2) is 14.6 Å². The third-order valence-corrected chi connectivity index (χ3v) is 2.47. The Balaban J connectivity index is 0.000000531. The molecule has 0 aromatic carbocycles. The minimum Gasteiger partial charge on any atom is -0.219 e. The Morgan fingerprint density at radius 3 is 2.67 bits per heavy atom. The van der Waals surface area contributed by atoms with Crippen LogP contribution < -0.4 is 0 Å². The van der Waals surface area contributed by atoms with Gasteiger partial charge in [-0.2, -0.15) is 5.10 Å². The Labute approximate surface area is 95.1 Å². The Morgan fingerprint density at radius 2 is 2.07 bits per heavy atom. The van der Waals surface area contributed by atoms with Gasteiger partial charge < -0.3 is 0 Å². The zero-order valence-electron chi connectivity index (χ0n) is 9.58. The van der Waals surface area contributed by atoms with Crippen LogP contribution in [-0.2, 0) is 6.42 Å². The van der Waals surface area contributed by atoms with Crippen LogP contribution in [0, 0.1) is 6.92 Å². The topological polar surface area (TPSA) is 30.2 Å². The van der Waals surface area contributed by atoms with Gasteiger partial charge >= 0.3 is 0 Å². The molecule has 0 atom stereocenters. The average Bonchev–Trinajstić information content (AvgIpc) is 2.70. The number of pyridine rings is 1. The SMILES string of the molecule is CC.CCc1nc2c(Cl)c(C)ccn2n1. The lowest BCUT2D eigenvalue weighted by molar-refractivity contribution is 0.885. The number of rotatable bonds is 1. The number of aryl methyl sites for hydroxylation is 2. The molecule has 0 radical (unpaired) electrons. The molecule has 2 aromatic heterocycles. The van der Waals surface area contributed by atoms with Gasteiger partial charge in [0.15, 0.2) is 11.5 Å². The van der Waals surface area contributed by atoms with Crippen LogP contribution in [0.5, 0.6) is 0 Å². The zero-order chi connectivity index (χ0) is 11.4. The van der Waals surface area contributed by atoms with E-state index in [0.717, 1.165) is 23.5 Å². The summed E-state index contributed by atoms with van der Waals surface area (Å²) in [6, 6.07) is 1.93. The van der Waals surface area contributed by atoms with E-state index < -0.39 is 0 Å². The Morgan fingerprint density at radius 1 is 1.40 bits per heavy atom. The molecule has 2 aromatic rings. The molecule has 0 fully saturated rings. The maximum atomic E-state index is 6.07. The molecular weight excluding hydrogens is 210 g/mol. The fraction of sp³-hybridized carbons (Fsp3) is 0.455. The van der Waals surface area contributed by atoms with Gasteiger partial charge in [0.05, 0.1) is 5.02 Å². The fourth-order valence-electron chi connectivity index (χ4n) is 1.20. The summed E-state index contributed by atoms with van der Waals surface area (Å²) >= 11 is 6.07. The highest BCUT2D eigenvalue weighted by Crippen LogP contribution is 2.19. The standard InChI is InChI=1S/C9H10ClN3.C2H6/c1-3-7-11-9-8(10)6(2)4-5-13(9)12-7;1-2/h4-5H,3H2,1-2H3;1-2H3. The van der Waals surface area contributed by atoms with Crippen molar-refractivity contribution in [3.63, 3.8) is 0 Å². The van der Waals surface area contributed by atoms with Gasteiger partial charge in [-0.15, -0.1) is 0 Å².